The largest absolute Gasteiger partial charge is 0.444 e. The van der Waals surface area contributed by atoms with Crippen LogP contribution in [-0.4, -0.2) is 71.4 Å². The van der Waals surface area contributed by atoms with Crippen LogP contribution in [0.1, 0.15) is 58.4 Å². The predicted molar refractivity (Wildman–Crippen MR) is 205 cm³/mol. The normalized spacial score (nSPS) is 18.2. The number of ether oxygens (including phenoxy) is 2. The average molecular weight is 723 g/mol. The topological polar surface area (TPSA) is 159 Å². The van der Waals surface area contributed by atoms with Gasteiger partial charge in [-0.2, -0.15) is 0 Å². The van der Waals surface area contributed by atoms with Gasteiger partial charge in [-0.1, -0.05) is 36.4 Å². The van der Waals surface area contributed by atoms with Crippen molar-refractivity contribution in [2.75, 3.05) is 43.1 Å². The molecule has 280 valence electrons. The average Bonchev–Trinajstić information content (AvgIpc) is 3.60. The monoisotopic (exact) mass is 722 g/mol. The summed E-state index contributed by atoms with van der Waals surface area (Å²) in [5.74, 6) is 0.396. The zero-order valence-corrected chi connectivity index (χ0v) is 30.8. The standard InChI is InChI=1S/C41H50N6O6/c1-41(2,3)53-40(51)43-25-28-6-10-31(11-7-28)36(48)23-33(39(50)44-34-15-12-30(13-16-34)35-24-38(49)46-45-35)22-27-4-8-29(9-5-27)32-14-17-37(42-26-32)47-18-20-52-21-19-47/h4-5,8-9,12-17,24,26,28,31,33H,6-7,10-11,18-23,25H2,1-3H3,(H,43,51)(H,44,50)(H2,45,46,49)/t28?,31?,33-/m1/s1. The van der Waals surface area contributed by atoms with Gasteiger partial charge in [0.1, 0.15) is 17.2 Å². The lowest BCUT2D eigenvalue weighted by Gasteiger charge is -2.29. The number of alkyl carbamates (subject to hydrolysis) is 1. The lowest BCUT2D eigenvalue weighted by Crippen LogP contribution is -2.37. The number of pyridine rings is 1. The van der Waals surface area contributed by atoms with Gasteiger partial charge in [0.15, 0.2) is 0 Å². The van der Waals surface area contributed by atoms with Gasteiger partial charge in [0, 0.05) is 61.4 Å². The molecule has 2 aromatic heterocycles. The van der Waals surface area contributed by atoms with Crippen LogP contribution in [0.3, 0.4) is 0 Å². The smallest absolute Gasteiger partial charge is 0.407 e. The molecule has 1 saturated carbocycles. The number of morpholine rings is 1. The third-order valence-corrected chi connectivity index (χ3v) is 9.97. The third kappa shape index (κ3) is 10.7. The molecular formula is C41H50N6O6. The molecule has 4 aromatic rings. The number of nitrogens with zero attached hydrogens (tertiary/aromatic N) is 2. The second-order valence-electron chi connectivity index (χ2n) is 15.1. The minimum Gasteiger partial charge on any atom is -0.444 e. The first-order chi connectivity index (χ1) is 25.5. The van der Waals surface area contributed by atoms with Gasteiger partial charge in [0.2, 0.25) is 5.91 Å². The number of anilines is 2. The molecule has 12 heteroatoms. The van der Waals surface area contributed by atoms with E-state index in [1.807, 2.05) is 69.4 Å². The molecule has 53 heavy (non-hydrogen) atoms. The summed E-state index contributed by atoms with van der Waals surface area (Å²) in [6.45, 7) is 9.08. The van der Waals surface area contributed by atoms with Crippen molar-refractivity contribution < 1.29 is 23.9 Å². The van der Waals surface area contributed by atoms with Crippen molar-refractivity contribution in [1.29, 1.82) is 0 Å². The van der Waals surface area contributed by atoms with Crippen LogP contribution < -0.4 is 21.1 Å². The van der Waals surface area contributed by atoms with E-state index in [9.17, 15) is 19.2 Å². The van der Waals surface area contributed by atoms with Crippen molar-refractivity contribution in [2.45, 2.75) is 64.9 Å². The highest BCUT2D eigenvalue weighted by molar-refractivity contribution is 5.96. The molecule has 2 fully saturated rings. The quantitative estimate of drug-likeness (QED) is 0.132. The number of nitrogens with one attached hydrogen (secondary N) is 4. The Kier molecular flexibility index (Phi) is 12.1. The molecule has 2 aromatic carbocycles. The van der Waals surface area contributed by atoms with E-state index in [4.69, 9.17) is 9.47 Å². The van der Waals surface area contributed by atoms with Crippen molar-refractivity contribution in [2.24, 2.45) is 17.8 Å². The maximum Gasteiger partial charge on any atom is 0.407 e. The van der Waals surface area contributed by atoms with Gasteiger partial charge in [-0.25, -0.2) is 9.78 Å². The van der Waals surface area contributed by atoms with Crippen LogP contribution in [0.4, 0.5) is 16.3 Å². The van der Waals surface area contributed by atoms with Gasteiger partial charge in [0.25, 0.3) is 5.56 Å². The van der Waals surface area contributed by atoms with Crippen LogP contribution in [-0.2, 0) is 25.5 Å². The van der Waals surface area contributed by atoms with Gasteiger partial charge in [-0.05, 0) is 99.7 Å². The number of carbonyl (C=O) groups excluding carboxylic acids is 3. The lowest BCUT2D eigenvalue weighted by molar-refractivity contribution is -0.129. The van der Waals surface area contributed by atoms with Crippen LogP contribution in [0, 0.1) is 17.8 Å². The Morgan fingerprint density at radius 3 is 2.21 bits per heavy atom. The summed E-state index contributed by atoms with van der Waals surface area (Å²) in [7, 11) is 0. The number of rotatable bonds is 12. The summed E-state index contributed by atoms with van der Waals surface area (Å²) in [5.41, 5.74) is 4.27. The predicted octanol–water partition coefficient (Wildman–Crippen LogP) is 6.36. The zero-order chi connectivity index (χ0) is 37.4. The summed E-state index contributed by atoms with van der Waals surface area (Å²) in [6, 6.07) is 20.9. The fraction of sp³-hybridized carbons (Fsp3) is 0.439. The highest BCUT2D eigenvalue weighted by Crippen LogP contribution is 2.32. The summed E-state index contributed by atoms with van der Waals surface area (Å²) in [6.07, 6.45) is 5.10. The molecule has 12 nitrogen and oxygen atoms in total. The van der Waals surface area contributed by atoms with Crippen LogP contribution in [0.15, 0.2) is 77.7 Å². The third-order valence-electron chi connectivity index (χ3n) is 9.97. The van der Waals surface area contributed by atoms with Crippen molar-refractivity contribution in [3.8, 4) is 22.4 Å². The van der Waals surface area contributed by atoms with Crippen LogP contribution in [0.2, 0.25) is 0 Å². The Morgan fingerprint density at radius 2 is 1.58 bits per heavy atom. The number of amides is 2. The van der Waals surface area contributed by atoms with Gasteiger partial charge in [0.05, 0.1) is 18.9 Å². The molecule has 0 unspecified atom stereocenters. The SMILES string of the molecule is CC(C)(C)OC(=O)NCC1CCC(C(=O)C[C@@H](Cc2ccc(-c3ccc(N4CCOCC4)nc3)cc2)C(=O)Nc2ccc(-c3cc(=O)[nH][nH]3)cc2)CC1. The molecule has 6 rings (SSSR count). The molecule has 1 aliphatic heterocycles. The number of hydrogen-bond donors (Lipinski definition) is 4. The van der Waals surface area contributed by atoms with Crippen LogP contribution >= 0.6 is 0 Å². The van der Waals surface area contributed by atoms with E-state index in [0.29, 0.717) is 37.6 Å². The van der Waals surface area contributed by atoms with E-state index in [2.05, 4.69) is 36.8 Å². The van der Waals surface area contributed by atoms with Gasteiger partial charge >= 0.3 is 6.09 Å². The first kappa shape index (κ1) is 37.5. The van der Waals surface area contributed by atoms with Crippen molar-refractivity contribution >= 4 is 29.3 Å². The molecule has 3 heterocycles. The summed E-state index contributed by atoms with van der Waals surface area (Å²) in [5, 5.41) is 11.3. The zero-order valence-electron chi connectivity index (χ0n) is 30.8. The minimum absolute atomic E-state index is 0.0958. The van der Waals surface area contributed by atoms with Gasteiger partial charge < -0.3 is 25.0 Å². The minimum atomic E-state index is -0.574. The number of Topliss-reactive ketones (excluding diaryl/α,β-unsaturated/α-hetero) is 1. The van der Waals surface area contributed by atoms with E-state index < -0.39 is 17.6 Å². The first-order valence-corrected chi connectivity index (χ1v) is 18.6. The molecule has 1 saturated heterocycles. The van der Waals surface area contributed by atoms with Crippen LogP contribution in [0.5, 0.6) is 0 Å². The number of benzene rings is 2. The van der Waals surface area contributed by atoms with E-state index >= 15 is 0 Å². The Balaban J connectivity index is 1.10. The molecule has 4 N–H and O–H groups in total. The van der Waals surface area contributed by atoms with Crippen molar-refractivity contribution in [3.05, 3.63) is 88.8 Å². The molecular weight excluding hydrogens is 672 g/mol. The summed E-state index contributed by atoms with van der Waals surface area (Å²) < 4.78 is 10.8. The number of ketones is 1. The fourth-order valence-corrected chi connectivity index (χ4v) is 7.02. The van der Waals surface area contributed by atoms with Gasteiger partial charge in [-0.15, -0.1) is 0 Å². The Labute approximate surface area is 310 Å². The summed E-state index contributed by atoms with van der Waals surface area (Å²) in [4.78, 5) is 58.2. The molecule has 0 radical (unpaired) electrons. The maximum atomic E-state index is 13.9. The molecule has 2 aliphatic rings. The number of H-pyrrole nitrogens is 2. The van der Waals surface area contributed by atoms with E-state index in [-0.39, 0.29) is 35.5 Å². The van der Waals surface area contributed by atoms with Crippen LogP contribution in [0.25, 0.3) is 22.4 Å². The first-order valence-electron chi connectivity index (χ1n) is 18.6. The Morgan fingerprint density at radius 1 is 0.906 bits per heavy atom. The molecule has 1 aliphatic carbocycles. The number of aromatic nitrogens is 3. The molecule has 0 bridgehead atoms. The summed E-state index contributed by atoms with van der Waals surface area (Å²) >= 11 is 0. The maximum absolute atomic E-state index is 13.9. The number of aromatic amines is 2. The second kappa shape index (κ2) is 17.1. The van der Waals surface area contributed by atoms with E-state index in [0.717, 1.165) is 66.8 Å². The Hall–Kier alpha value is -5.23. The van der Waals surface area contributed by atoms with E-state index in [1.165, 1.54) is 6.07 Å². The lowest BCUT2D eigenvalue weighted by atomic mass is 9.77. The molecule has 1 atom stereocenters. The second-order valence-corrected chi connectivity index (χ2v) is 15.1. The number of carbonyl (C=O) groups is 3. The number of hydrogen-bond acceptors (Lipinski definition) is 8. The Bertz CT molecular complexity index is 1880. The highest BCUT2D eigenvalue weighted by Gasteiger charge is 2.31. The fourth-order valence-electron chi connectivity index (χ4n) is 7.02. The molecule has 2 amide bonds. The van der Waals surface area contributed by atoms with Gasteiger partial charge in [-0.3, -0.25) is 24.6 Å². The van der Waals surface area contributed by atoms with Crippen molar-refractivity contribution in [3.63, 3.8) is 0 Å². The molecule has 0 spiro atoms. The highest BCUT2D eigenvalue weighted by atomic mass is 16.6. The van der Waals surface area contributed by atoms with Crippen molar-refractivity contribution in [1.82, 2.24) is 20.5 Å². The van der Waals surface area contributed by atoms with E-state index in [1.54, 1.807) is 12.1 Å².